The maximum Gasteiger partial charge on any atom is 0.201 e. The zero-order valence-corrected chi connectivity index (χ0v) is 14.2. The standard InChI is InChI=1S/C17H28O6/c1-4-19-14-10(2)12-6-5-11(9-18)13-7-8-16(3)21-15(20-14)17(12,13)23-22-16/h10-15,18H,4-9H2,1-3H3. The molecule has 4 saturated heterocycles. The maximum absolute atomic E-state index is 9.87. The average Bonchev–Trinajstić information content (AvgIpc) is 2.77. The summed E-state index contributed by atoms with van der Waals surface area (Å²) in [5.41, 5.74) is -0.630. The Bertz CT molecular complexity index is 454. The van der Waals surface area contributed by atoms with Crippen LogP contribution in [0.3, 0.4) is 0 Å². The Kier molecular flexibility index (Phi) is 3.99. The number of hydrogen-bond acceptors (Lipinski definition) is 6. The summed E-state index contributed by atoms with van der Waals surface area (Å²) in [5.74, 6) is 0.0532. The Morgan fingerprint density at radius 1 is 1.17 bits per heavy atom. The zero-order chi connectivity index (χ0) is 16.2. The fraction of sp³-hybridized carbons (Fsp3) is 1.00. The summed E-state index contributed by atoms with van der Waals surface area (Å²) in [6.07, 6.45) is 2.86. The minimum atomic E-state index is -0.783. The van der Waals surface area contributed by atoms with Crippen molar-refractivity contribution >= 4 is 0 Å². The van der Waals surface area contributed by atoms with Crippen LogP contribution in [-0.2, 0) is 24.0 Å². The molecule has 6 heteroatoms. The number of aliphatic hydroxyl groups is 1. The van der Waals surface area contributed by atoms with Gasteiger partial charge in [0.05, 0.1) is 0 Å². The largest absolute Gasteiger partial charge is 0.396 e. The summed E-state index contributed by atoms with van der Waals surface area (Å²) in [6.45, 7) is 6.83. The topological polar surface area (TPSA) is 66.4 Å². The van der Waals surface area contributed by atoms with Gasteiger partial charge in [-0.15, -0.1) is 0 Å². The van der Waals surface area contributed by atoms with Gasteiger partial charge in [-0.1, -0.05) is 6.92 Å². The second-order valence-electron chi connectivity index (χ2n) is 7.69. The van der Waals surface area contributed by atoms with E-state index in [1.807, 2.05) is 13.8 Å². The quantitative estimate of drug-likeness (QED) is 0.801. The van der Waals surface area contributed by atoms with Gasteiger partial charge in [-0.25, -0.2) is 9.78 Å². The van der Waals surface area contributed by atoms with Gasteiger partial charge in [0.25, 0.3) is 0 Å². The molecule has 1 spiro atoms. The summed E-state index contributed by atoms with van der Waals surface area (Å²) < 4.78 is 18.2. The highest BCUT2D eigenvalue weighted by atomic mass is 17.3. The molecular formula is C17H28O6. The Hall–Kier alpha value is -0.240. The summed E-state index contributed by atoms with van der Waals surface area (Å²) in [5, 5.41) is 9.87. The van der Waals surface area contributed by atoms with E-state index in [-0.39, 0.29) is 36.6 Å². The van der Waals surface area contributed by atoms with Gasteiger partial charge in [0, 0.05) is 37.4 Å². The number of aliphatic hydroxyl groups excluding tert-OH is 1. The van der Waals surface area contributed by atoms with Gasteiger partial charge >= 0.3 is 0 Å². The van der Waals surface area contributed by atoms with Crippen LogP contribution in [0.15, 0.2) is 0 Å². The van der Waals surface area contributed by atoms with E-state index in [1.54, 1.807) is 0 Å². The fourth-order valence-corrected chi connectivity index (χ4v) is 5.27. The molecular weight excluding hydrogens is 300 g/mol. The van der Waals surface area contributed by atoms with Gasteiger partial charge in [-0.05, 0) is 39.0 Å². The second kappa shape index (κ2) is 5.64. The molecule has 1 saturated carbocycles. The van der Waals surface area contributed by atoms with Crippen LogP contribution >= 0.6 is 0 Å². The minimum absolute atomic E-state index is 0.176. The van der Waals surface area contributed by atoms with E-state index >= 15 is 0 Å². The SMILES string of the molecule is CCOC1OC2OC3(C)CCC4C(CO)CCC(C1C)C24OO3. The Balaban J connectivity index is 1.75. The number of hydrogen-bond donors (Lipinski definition) is 1. The molecule has 0 aromatic carbocycles. The van der Waals surface area contributed by atoms with E-state index < -0.39 is 17.7 Å². The van der Waals surface area contributed by atoms with Crippen molar-refractivity contribution in [2.75, 3.05) is 13.2 Å². The van der Waals surface area contributed by atoms with Gasteiger partial charge < -0.3 is 19.3 Å². The molecule has 0 amide bonds. The summed E-state index contributed by atoms with van der Waals surface area (Å²) in [6, 6.07) is 0. The highest BCUT2D eigenvalue weighted by Gasteiger charge is 2.69. The van der Waals surface area contributed by atoms with Crippen LogP contribution in [0.1, 0.15) is 46.5 Å². The highest BCUT2D eigenvalue weighted by Crippen LogP contribution is 2.60. The van der Waals surface area contributed by atoms with Gasteiger partial charge in [-0.2, -0.15) is 0 Å². The third kappa shape index (κ3) is 2.23. The molecule has 5 rings (SSSR count). The number of rotatable bonds is 3. The first-order chi connectivity index (χ1) is 11.0. The van der Waals surface area contributed by atoms with Crippen molar-refractivity contribution in [3.63, 3.8) is 0 Å². The second-order valence-corrected chi connectivity index (χ2v) is 7.69. The lowest BCUT2D eigenvalue weighted by Gasteiger charge is -2.60. The maximum atomic E-state index is 9.87. The lowest BCUT2D eigenvalue weighted by atomic mass is 9.58. The first kappa shape index (κ1) is 16.2. The van der Waals surface area contributed by atoms with Gasteiger partial charge in [0.15, 0.2) is 18.2 Å². The molecule has 4 aliphatic heterocycles. The molecule has 23 heavy (non-hydrogen) atoms. The van der Waals surface area contributed by atoms with E-state index in [1.165, 1.54) is 0 Å². The molecule has 4 heterocycles. The zero-order valence-electron chi connectivity index (χ0n) is 14.2. The summed E-state index contributed by atoms with van der Waals surface area (Å²) in [7, 11) is 0. The molecule has 0 radical (unpaired) electrons. The third-order valence-electron chi connectivity index (χ3n) is 6.46. The molecule has 132 valence electrons. The van der Waals surface area contributed by atoms with E-state index in [0.717, 1.165) is 25.7 Å². The van der Waals surface area contributed by atoms with Crippen molar-refractivity contribution in [3.05, 3.63) is 0 Å². The van der Waals surface area contributed by atoms with Crippen molar-refractivity contribution in [2.45, 2.75) is 70.4 Å². The number of ether oxygens (including phenoxy) is 3. The van der Waals surface area contributed by atoms with Crippen LogP contribution in [0.4, 0.5) is 0 Å². The van der Waals surface area contributed by atoms with Crippen molar-refractivity contribution in [3.8, 4) is 0 Å². The summed E-state index contributed by atoms with van der Waals surface area (Å²) >= 11 is 0. The molecule has 0 aromatic heterocycles. The molecule has 5 fully saturated rings. The van der Waals surface area contributed by atoms with Crippen LogP contribution in [0.2, 0.25) is 0 Å². The lowest BCUT2D eigenvalue weighted by molar-refractivity contribution is -0.577. The van der Waals surface area contributed by atoms with Crippen molar-refractivity contribution in [1.82, 2.24) is 0 Å². The van der Waals surface area contributed by atoms with Crippen LogP contribution in [-0.4, -0.2) is 42.3 Å². The smallest absolute Gasteiger partial charge is 0.201 e. The Morgan fingerprint density at radius 2 is 2.00 bits per heavy atom. The molecule has 8 atom stereocenters. The predicted octanol–water partition coefficient (Wildman–Crippen LogP) is 2.20. The lowest BCUT2D eigenvalue weighted by Crippen LogP contribution is -2.70. The van der Waals surface area contributed by atoms with Crippen molar-refractivity contribution in [1.29, 1.82) is 0 Å². The van der Waals surface area contributed by atoms with E-state index in [2.05, 4.69) is 6.92 Å². The molecule has 8 unspecified atom stereocenters. The molecule has 1 N–H and O–H groups in total. The van der Waals surface area contributed by atoms with Crippen LogP contribution in [0.5, 0.6) is 0 Å². The van der Waals surface area contributed by atoms with E-state index in [4.69, 9.17) is 24.0 Å². The van der Waals surface area contributed by atoms with E-state index in [9.17, 15) is 5.11 Å². The van der Waals surface area contributed by atoms with Crippen molar-refractivity contribution in [2.24, 2.45) is 23.7 Å². The van der Waals surface area contributed by atoms with Crippen LogP contribution in [0.25, 0.3) is 0 Å². The predicted molar refractivity (Wildman–Crippen MR) is 79.9 cm³/mol. The molecule has 5 aliphatic rings. The average molecular weight is 328 g/mol. The number of fused-ring (bicyclic) bond motifs is 2. The summed E-state index contributed by atoms with van der Waals surface area (Å²) in [4.78, 5) is 11.8. The molecule has 6 nitrogen and oxygen atoms in total. The normalized spacial score (nSPS) is 55.3. The highest BCUT2D eigenvalue weighted by molar-refractivity contribution is 5.09. The Labute approximate surface area is 137 Å². The monoisotopic (exact) mass is 328 g/mol. The molecule has 1 aliphatic carbocycles. The van der Waals surface area contributed by atoms with Gasteiger partial charge in [0.2, 0.25) is 5.79 Å². The van der Waals surface area contributed by atoms with E-state index in [0.29, 0.717) is 6.61 Å². The van der Waals surface area contributed by atoms with Crippen molar-refractivity contribution < 1.29 is 29.1 Å². The third-order valence-corrected chi connectivity index (χ3v) is 6.46. The first-order valence-corrected chi connectivity index (χ1v) is 8.96. The minimum Gasteiger partial charge on any atom is -0.396 e. The molecule has 0 aromatic rings. The van der Waals surface area contributed by atoms with Crippen LogP contribution in [0, 0.1) is 23.7 Å². The fourth-order valence-electron chi connectivity index (χ4n) is 5.27. The van der Waals surface area contributed by atoms with Gasteiger partial charge in [-0.3, -0.25) is 0 Å². The first-order valence-electron chi connectivity index (χ1n) is 8.96. The van der Waals surface area contributed by atoms with Gasteiger partial charge in [0.1, 0.15) is 0 Å². The Morgan fingerprint density at radius 3 is 2.74 bits per heavy atom. The molecule has 2 bridgehead atoms. The van der Waals surface area contributed by atoms with Crippen LogP contribution < -0.4 is 0 Å².